The van der Waals surface area contributed by atoms with Crippen LogP contribution in [0.25, 0.3) is 0 Å². The standard InChI is InChI=1S/C12H16F2N2O/c13-10-6-11(14)12(16-7-10)15-4-1-5-17-8-9-2-3-9/h6-7,9H,1-5,8H2,(H,15,16). The van der Waals surface area contributed by atoms with Crippen LogP contribution in [0.1, 0.15) is 19.3 Å². The molecule has 0 aromatic carbocycles. The maximum absolute atomic E-state index is 13.1. The third kappa shape index (κ3) is 4.26. The van der Waals surface area contributed by atoms with Crippen LogP contribution in [0.2, 0.25) is 0 Å². The Morgan fingerprint density at radius 1 is 1.41 bits per heavy atom. The largest absolute Gasteiger partial charge is 0.381 e. The lowest BCUT2D eigenvalue weighted by Gasteiger charge is -2.06. The van der Waals surface area contributed by atoms with E-state index in [1.165, 1.54) is 12.8 Å². The van der Waals surface area contributed by atoms with Crippen molar-refractivity contribution < 1.29 is 13.5 Å². The lowest BCUT2D eigenvalue weighted by molar-refractivity contribution is 0.124. The minimum absolute atomic E-state index is 0.0913. The molecule has 1 fully saturated rings. The molecule has 1 heterocycles. The minimum atomic E-state index is -0.666. The molecule has 1 N–H and O–H groups in total. The van der Waals surface area contributed by atoms with Crippen LogP contribution in [-0.2, 0) is 4.74 Å². The van der Waals surface area contributed by atoms with Gasteiger partial charge in [-0.25, -0.2) is 13.8 Å². The molecular weight excluding hydrogens is 226 g/mol. The monoisotopic (exact) mass is 242 g/mol. The zero-order chi connectivity index (χ0) is 12.1. The van der Waals surface area contributed by atoms with E-state index in [0.717, 1.165) is 31.2 Å². The highest BCUT2D eigenvalue weighted by Crippen LogP contribution is 2.28. The topological polar surface area (TPSA) is 34.2 Å². The summed E-state index contributed by atoms with van der Waals surface area (Å²) in [6.45, 7) is 2.07. The number of aromatic nitrogens is 1. The van der Waals surface area contributed by atoms with Crippen LogP contribution in [0.5, 0.6) is 0 Å². The molecule has 1 aromatic rings. The normalized spacial score (nSPS) is 14.9. The van der Waals surface area contributed by atoms with Gasteiger partial charge in [-0.3, -0.25) is 0 Å². The van der Waals surface area contributed by atoms with Gasteiger partial charge in [-0.1, -0.05) is 0 Å². The van der Waals surface area contributed by atoms with Gasteiger partial charge in [0.25, 0.3) is 0 Å². The van der Waals surface area contributed by atoms with E-state index in [1.807, 2.05) is 0 Å². The van der Waals surface area contributed by atoms with E-state index < -0.39 is 11.6 Å². The second kappa shape index (κ2) is 5.91. The molecule has 17 heavy (non-hydrogen) atoms. The van der Waals surface area contributed by atoms with Crippen LogP contribution in [0.15, 0.2) is 12.3 Å². The summed E-state index contributed by atoms with van der Waals surface area (Å²) in [7, 11) is 0. The van der Waals surface area contributed by atoms with Gasteiger partial charge in [0.1, 0.15) is 5.82 Å². The maximum Gasteiger partial charge on any atom is 0.168 e. The van der Waals surface area contributed by atoms with Crippen molar-refractivity contribution in [2.24, 2.45) is 5.92 Å². The van der Waals surface area contributed by atoms with Crippen molar-refractivity contribution in [3.05, 3.63) is 23.9 Å². The highest BCUT2D eigenvalue weighted by atomic mass is 19.1. The summed E-state index contributed by atoms with van der Waals surface area (Å²) in [4.78, 5) is 3.63. The van der Waals surface area contributed by atoms with Crippen LogP contribution >= 0.6 is 0 Å². The molecule has 94 valence electrons. The van der Waals surface area contributed by atoms with Gasteiger partial charge < -0.3 is 10.1 Å². The first-order chi connectivity index (χ1) is 8.25. The van der Waals surface area contributed by atoms with Crippen molar-refractivity contribution in [3.63, 3.8) is 0 Å². The molecule has 0 spiro atoms. The smallest absolute Gasteiger partial charge is 0.168 e. The molecule has 0 atom stereocenters. The number of hydrogen-bond donors (Lipinski definition) is 1. The number of pyridine rings is 1. The molecule has 5 heteroatoms. The van der Waals surface area contributed by atoms with Crippen LogP contribution in [0.4, 0.5) is 14.6 Å². The number of hydrogen-bond acceptors (Lipinski definition) is 3. The first-order valence-corrected chi connectivity index (χ1v) is 5.88. The summed E-state index contributed by atoms with van der Waals surface area (Å²) in [5, 5.41) is 2.81. The van der Waals surface area contributed by atoms with E-state index in [2.05, 4.69) is 10.3 Å². The quantitative estimate of drug-likeness (QED) is 0.746. The summed E-state index contributed by atoms with van der Waals surface area (Å²) in [5.41, 5.74) is 0. The number of nitrogens with one attached hydrogen (secondary N) is 1. The van der Waals surface area contributed by atoms with E-state index in [-0.39, 0.29) is 5.82 Å². The maximum atomic E-state index is 13.1. The Hall–Kier alpha value is -1.23. The first-order valence-electron chi connectivity index (χ1n) is 5.88. The molecule has 1 aliphatic rings. The van der Waals surface area contributed by atoms with Crippen LogP contribution in [0, 0.1) is 17.6 Å². The third-order valence-electron chi connectivity index (χ3n) is 2.62. The van der Waals surface area contributed by atoms with Gasteiger partial charge >= 0.3 is 0 Å². The lowest BCUT2D eigenvalue weighted by atomic mass is 10.4. The molecule has 0 saturated heterocycles. The Bertz CT molecular complexity index is 370. The molecule has 2 rings (SSSR count). The molecule has 0 radical (unpaired) electrons. The summed E-state index contributed by atoms with van der Waals surface area (Å²) < 4.78 is 31.1. The van der Waals surface area contributed by atoms with Gasteiger partial charge in [0.2, 0.25) is 0 Å². The average molecular weight is 242 g/mol. The molecule has 0 unspecified atom stereocenters. The Morgan fingerprint density at radius 2 is 2.24 bits per heavy atom. The molecular formula is C12H16F2N2O. The molecule has 0 amide bonds. The Morgan fingerprint density at radius 3 is 2.94 bits per heavy atom. The van der Waals surface area contributed by atoms with Crippen molar-refractivity contribution in [2.45, 2.75) is 19.3 Å². The van der Waals surface area contributed by atoms with Crippen LogP contribution in [0.3, 0.4) is 0 Å². The molecule has 0 aliphatic heterocycles. The van der Waals surface area contributed by atoms with E-state index in [4.69, 9.17) is 4.74 Å². The zero-order valence-corrected chi connectivity index (χ0v) is 9.59. The van der Waals surface area contributed by atoms with Gasteiger partial charge in [-0.2, -0.15) is 0 Å². The fraction of sp³-hybridized carbons (Fsp3) is 0.583. The molecule has 3 nitrogen and oxygen atoms in total. The van der Waals surface area contributed by atoms with Gasteiger partial charge in [0.15, 0.2) is 11.6 Å². The number of nitrogens with zero attached hydrogens (tertiary/aromatic N) is 1. The van der Waals surface area contributed by atoms with Crippen molar-refractivity contribution in [3.8, 4) is 0 Å². The fourth-order valence-electron chi connectivity index (χ4n) is 1.46. The van der Waals surface area contributed by atoms with E-state index in [9.17, 15) is 8.78 Å². The van der Waals surface area contributed by atoms with Gasteiger partial charge in [0, 0.05) is 25.8 Å². The summed E-state index contributed by atoms with van der Waals surface area (Å²) in [5.74, 6) is -0.475. The van der Waals surface area contributed by atoms with E-state index >= 15 is 0 Å². The second-order valence-corrected chi connectivity index (χ2v) is 4.28. The first kappa shape index (κ1) is 12.2. The zero-order valence-electron chi connectivity index (χ0n) is 9.59. The van der Waals surface area contributed by atoms with Gasteiger partial charge in [0.05, 0.1) is 6.20 Å². The van der Waals surface area contributed by atoms with E-state index in [0.29, 0.717) is 13.2 Å². The predicted octanol–water partition coefficient (Wildman–Crippen LogP) is 2.59. The van der Waals surface area contributed by atoms with Crippen molar-refractivity contribution in [1.82, 2.24) is 4.98 Å². The van der Waals surface area contributed by atoms with Gasteiger partial charge in [-0.05, 0) is 25.2 Å². The van der Waals surface area contributed by atoms with E-state index in [1.54, 1.807) is 0 Å². The van der Waals surface area contributed by atoms with Crippen molar-refractivity contribution >= 4 is 5.82 Å². The number of halogens is 2. The highest BCUT2D eigenvalue weighted by Gasteiger charge is 2.20. The summed E-state index contributed by atoms with van der Waals surface area (Å²) in [6.07, 6.45) is 4.34. The van der Waals surface area contributed by atoms with Gasteiger partial charge in [-0.15, -0.1) is 0 Å². The minimum Gasteiger partial charge on any atom is -0.381 e. The fourth-order valence-corrected chi connectivity index (χ4v) is 1.46. The Kier molecular flexibility index (Phi) is 4.25. The Balaban J connectivity index is 1.60. The SMILES string of the molecule is Fc1cnc(NCCCOCC2CC2)c(F)c1. The number of rotatable bonds is 7. The third-order valence-corrected chi connectivity index (χ3v) is 2.62. The Labute approximate surface area is 99.2 Å². The lowest BCUT2D eigenvalue weighted by Crippen LogP contribution is -2.09. The average Bonchev–Trinajstić information content (AvgIpc) is 3.09. The van der Waals surface area contributed by atoms with Crippen molar-refractivity contribution in [2.75, 3.05) is 25.1 Å². The summed E-state index contributed by atoms with van der Waals surface area (Å²) in [6, 6.07) is 0.818. The molecule has 0 bridgehead atoms. The van der Waals surface area contributed by atoms with Crippen molar-refractivity contribution in [1.29, 1.82) is 0 Å². The van der Waals surface area contributed by atoms with Crippen LogP contribution in [-0.4, -0.2) is 24.7 Å². The molecule has 1 saturated carbocycles. The number of ether oxygens (including phenoxy) is 1. The summed E-state index contributed by atoms with van der Waals surface area (Å²) >= 11 is 0. The molecule has 1 aromatic heterocycles. The predicted molar refractivity (Wildman–Crippen MR) is 60.8 cm³/mol. The second-order valence-electron chi connectivity index (χ2n) is 4.28. The van der Waals surface area contributed by atoms with Crippen LogP contribution < -0.4 is 5.32 Å². The number of anilines is 1. The highest BCUT2D eigenvalue weighted by molar-refractivity contribution is 5.35. The molecule has 1 aliphatic carbocycles.